The second-order valence-electron chi connectivity index (χ2n) is 4.52. The molecule has 0 spiro atoms. The molecule has 1 aromatic rings. The normalized spacial score (nSPS) is 19.2. The number of carbonyl (C=O) groups excluding carboxylic acids is 1. The second kappa shape index (κ2) is 5.98. The minimum atomic E-state index is -0.287. The molecule has 1 saturated carbocycles. The zero-order valence-electron chi connectivity index (χ0n) is 9.95. The molecule has 1 atom stereocenters. The van der Waals surface area contributed by atoms with E-state index in [0.29, 0.717) is 15.1 Å². The first-order chi connectivity index (χ1) is 8.22. The molecule has 94 valence electrons. The molecule has 0 aromatic carbocycles. The van der Waals surface area contributed by atoms with Crippen molar-refractivity contribution < 1.29 is 9.53 Å². The number of rotatable bonds is 4. The Morgan fingerprint density at radius 3 is 2.65 bits per heavy atom. The van der Waals surface area contributed by atoms with Gasteiger partial charge in [0.25, 0.3) is 0 Å². The van der Waals surface area contributed by atoms with E-state index < -0.39 is 0 Å². The van der Waals surface area contributed by atoms with Crippen molar-refractivity contribution in [2.45, 2.75) is 38.2 Å². The zero-order chi connectivity index (χ0) is 12.3. The van der Waals surface area contributed by atoms with Gasteiger partial charge in [0.1, 0.15) is 6.10 Å². The summed E-state index contributed by atoms with van der Waals surface area (Å²) in [5.74, 6) is 0.471. The zero-order valence-corrected chi connectivity index (χ0v) is 11.5. The Bertz CT molecular complexity index is 383. The molecule has 2 rings (SSSR count). The summed E-state index contributed by atoms with van der Waals surface area (Å²) in [6.45, 7) is 0. The van der Waals surface area contributed by atoms with Gasteiger partial charge in [-0.3, -0.25) is 4.79 Å². The van der Waals surface area contributed by atoms with Crippen molar-refractivity contribution in [3.63, 3.8) is 0 Å². The third kappa shape index (κ3) is 3.09. The van der Waals surface area contributed by atoms with Gasteiger partial charge in [-0.25, -0.2) is 0 Å². The molecule has 17 heavy (non-hydrogen) atoms. The average Bonchev–Trinajstić information content (AvgIpc) is 2.78. The third-order valence-corrected chi connectivity index (χ3v) is 4.65. The lowest BCUT2D eigenvalue weighted by Gasteiger charge is -2.27. The Kier molecular flexibility index (Phi) is 4.60. The van der Waals surface area contributed by atoms with E-state index in [1.807, 2.05) is 0 Å². The van der Waals surface area contributed by atoms with Crippen molar-refractivity contribution in [2.24, 2.45) is 5.92 Å². The van der Waals surface area contributed by atoms with Gasteiger partial charge in [-0.2, -0.15) is 0 Å². The molecule has 1 heterocycles. The maximum absolute atomic E-state index is 12.3. The van der Waals surface area contributed by atoms with Crippen molar-refractivity contribution in [1.82, 2.24) is 0 Å². The highest BCUT2D eigenvalue weighted by atomic mass is 35.5. The molecule has 1 aromatic heterocycles. The number of methoxy groups -OCH3 is 1. The van der Waals surface area contributed by atoms with E-state index in [-0.39, 0.29) is 11.9 Å². The predicted molar refractivity (Wildman–Crippen MR) is 71.0 cm³/mol. The van der Waals surface area contributed by atoms with Crippen LogP contribution in [0.4, 0.5) is 0 Å². The van der Waals surface area contributed by atoms with E-state index in [9.17, 15) is 4.79 Å². The van der Waals surface area contributed by atoms with Gasteiger partial charge in [-0.05, 0) is 30.9 Å². The molecule has 2 nitrogen and oxygen atoms in total. The van der Waals surface area contributed by atoms with Crippen LogP contribution >= 0.6 is 22.9 Å². The fraction of sp³-hybridized carbons (Fsp3) is 0.615. The quantitative estimate of drug-likeness (QED) is 0.769. The Balaban J connectivity index is 2.09. The lowest BCUT2D eigenvalue weighted by Crippen LogP contribution is -2.32. The first-order valence-corrected chi connectivity index (χ1v) is 7.24. The lowest BCUT2D eigenvalue weighted by molar-refractivity contribution is 0.0318. The highest BCUT2D eigenvalue weighted by Crippen LogP contribution is 2.31. The molecule has 1 aliphatic rings. The number of Topliss-reactive ketones (excluding diaryl/α,β-unsaturated/α-hetero) is 1. The maximum Gasteiger partial charge on any atom is 0.201 e. The third-order valence-electron chi connectivity index (χ3n) is 3.41. The molecule has 0 amide bonds. The molecule has 1 unspecified atom stereocenters. The maximum atomic E-state index is 12.3. The number of ketones is 1. The fourth-order valence-corrected chi connectivity index (χ4v) is 3.55. The molecule has 0 radical (unpaired) electrons. The van der Waals surface area contributed by atoms with Gasteiger partial charge < -0.3 is 4.74 Å². The first-order valence-electron chi connectivity index (χ1n) is 6.04. The van der Waals surface area contributed by atoms with Crippen LogP contribution in [0.5, 0.6) is 0 Å². The van der Waals surface area contributed by atoms with Crippen molar-refractivity contribution in [2.75, 3.05) is 7.11 Å². The van der Waals surface area contributed by atoms with E-state index in [1.165, 1.54) is 30.6 Å². The van der Waals surface area contributed by atoms with Gasteiger partial charge in [0.15, 0.2) is 0 Å². The molecule has 0 N–H and O–H groups in total. The summed E-state index contributed by atoms with van der Waals surface area (Å²) in [5, 5.41) is 0. The summed E-state index contributed by atoms with van der Waals surface area (Å²) in [5.41, 5.74) is 0. The van der Waals surface area contributed by atoms with Gasteiger partial charge in [-0.1, -0.05) is 30.9 Å². The molecule has 0 bridgehead atoms. The number of hydrogen-bond acceptors (Lipinski definition) is 3. The summed E-state index contributed by atoms with van der Waals surface area (Å²) < 4.78 is 6.09. The highest BCUT2D eigenvalue weighted by Gasteiger charge is 2.30. The molecule has 4 heteroatoms. The Labute approximate surface area is 111 Å². The highest BCUT2D eigenvalue weighted by molar-refractivity contribution is 7.18. The fourth-order valence-electron chi connectivity index (χ4n) is 2.54. The Morgan fingerprint density at radius 2 is 2.12 bits per heavy atom. The molecular formula is C13H17ClO2S. The van der Waals surface area contributed by atoms with Gasteiger partial charge in [0, 0.05) is 7.11 Å². The molecule has 1 aliphatic carbocycles. The summed E-state index contributed by atoms with van der Waals surface area (Å²) in [7, 11) is 1.63. The van der Waals surface area contributed by atoms with Crippen LogP contribution in [0.25, 0.3) is 0 Å². The standard InChI is InChI=1S/C13H17ClO2S/c1-16-13(9-5-3-2-4-6-9)12(15)10-7-8-11(14)17-10/h7-9,13H,2-6H2,1H3. The smallest absolute Gasteiger partial charge is 0.201 e. The number of carbonyl (C=O) groups is 1. The van der Waals surface area contributed by atoms with Crippen LogP contribution in [0.1, 0.15) is 41.8 Å². The van der Waals surface area contributed by atoms with E-state index >= 15 is 0 Å². The monoisotopic (exact) mass is 272 g/mol. The van der Waals surface area contributed by atoms with Crippen LogP contribution in [0.15, 0.2) is 12.1 Å². The van der Waals surface area contributed by atoms with Crippen LogP contribution < -0.4 is 0 Å². The number of hydrogen-bond donors (Lipinski definition) is 0. The molecule has 0 saturated heterocycles. The SMILES string of the molecule is COC(C(=O)c1ccc(Cl)s1)C1CCCCC1. The molecular weight excluding hydrogens is 256 g/mol. The van der Waals surface area contributed by atoms with E-state index in [1.54, 1.807) is 19.2 Å². The van der Waals surface area contributed by atoms with Crippen molar-refractivity contribution >= 4 is 28.7 Å². The topological polar surface area (TPSA) is 26.3 Å². The minimum Gasteiger partial charge on any atom is -0.373 e. The second-order valence-corrected chi connectivity index (χ2v) is 6.24. The van der Waals surface area contributed by atoms with E-state index in [4.69, 9.17) is 16.3 Å². The average molecular weight is 273 g/mol. The van der Waals surface area contributed by atoms with Gasteiger partial charge in [0.05, 0.1) is 9.21 Å². The van der Waals surface area contributed by atoms with Crippen LogP contribution in [0.3, 0.4) is 0 Å². The van der Waals surface area contributed by atoms with Gasteiger partial charge >= 0.3 is 0 Å². The van der Waals surface area contributed by atoms with Crippen molar-refractivity contribution in [1.29, 1.82) is 0 Å². The largest absolute Gasteiger partial charge is 0.373 e. The van der Waals surface area contributed by atoms with Crippen LogP contribution in [0.2, 0.25) is 4.34 Å². The van der Waals surface area contributed by atoms with Crippen molar-refractivity contribution in [3.8, 4) is 0 Å². The number of ether oxygens (including phenoxy) is 1. The van der Waals surface area contributed by atoms with Gasteiger partial charge in [-0.15, -0.1) is 11.3 Å². The van der Waals surface area contributed by atoms with Gasteiger partial charge in [0.2, 0.25) is 5.78 Å². The summed E-state index contributed by atoms with van der Waals surface area (Å²) in [4.78, 5) is 13.0. The van der Waals surface area contributed by atoms with Crippen LogP contribution in [-0.2, 0) is 4.74 Å². The van der Waals surface area contributed by atoms with E-state index in [0.717, 1.165) is 12.8 Å². The first kappa shape index (κ1) is 13.1. The predicted octanol–water partition coefficient (Wildman–Crippen LogP) is 4.18. The number of halogens is 1. The summed E-state index contributed by atoms with van der Waals surface area (Å²) in [6.07, 6.45) is 5.62. The van der Waals surface area contributed by atoms with Crippen molar-refractivity contribution in [3.05, 3.63) is 21.3 Å². The van der Waals surface area contributed by atoms with E-state index in [2.05, 4.69) is 0 Å². The minimum absolute atomic E-state index is 0.0938. The van der Waals surface area contributed by atoms with Crippen LogP contribution in [0, 0.1) is 5.92 Å². The summed E-state index contributed by atoms with van der Waals surface area (Å²) >= 11 is 7.20. The Morgan fingerprint density at radius 1 is 1.41 bits per heavy atom. The summed E-state index contributed by atoms with van der Waals surface area (Å²) in [6, 6.07) is 3.57. The lowest BCUT2D eigenvalue weighted by atomic mass is 9.83. The Hall–Kier alpha value is -0.380. The molecule has 1 fully saturated rings. The molecule has 0 aliphatic heterocycles. The number of thiophene rings is 1. The van der Waals surface area contributed by atoms with Crippen LogP contribution in [-0.4, -0.2) is 19.0 Å².